The van der Waals surface area contributed by atoms with Gasteiger partial charge >= 0.3 is 0 Å². The third kappa shape index (κ3) is 4.39. The molecule has 4 rings (SSSR count). The van der Waals surface area contributed by atoms with Gasteiger partial charge in [-0.3, -0.25) is 10.4 Å². The molecule has 31 heavy (non-hydrogen) atoms. The fraction of sp³-hybridized carbons (Fsp3) is 0.310. The molecule has 3 aromatic carbocycles. The molecule has 0 fully saturated rings. The Bertz CT molecular complexity index is 1070. The summed E-state index contributed by atoms with van der Waals surface area (Å²) in [7, 11) is 0. The molecule has 1 heterocycles. The summed E-state index contributed by atoms with van der Waals surface area (Å²) in [5.74, 6) is 0. The van der Waals surface area contributed by atoms with E-state index in [9.17, 15) is 0 Å². The van der Waals surface area contributed by atoms with E-state index in [1.54, 1.807) is 0 Å². The van der Waals surface area contributed by atoms with Crippen molar-refractivity contribution in [2.75, 3.05) is 5.01 Å². The van der Waals surface area contributed by atoms with Gasteiger partial charge in [-0.15, -0.1) is 0 Å². The van der Waals surface area contributed by atoms with Crippen LogP contribution in [0.25, 0.3) is 5.70 Å². The fourth-order valence-corrected chi connectivity index (χ4v) is 4.33. The van der Waals surface area contributed by atoms with E-state index in [-0.39, 0.29) is 16.9 Å². The lowest BCUT2D eigenvalue weighted by molar-refractivity contribution is 0.530. The number of hydrazine groups is 1. The van der Waals surface area contributed by atoms with Gasteiger partial charge in [-0.2, -0.15) is 0 Å². The van der Waals surface area contributed by atoms with Crippen LogP contribution in [0.5, 0.6) is 0 Å². The van der Waals surface area contributed by atoms with E-state index in [0.717, 1.165) is 11.4 Å². The van der Waals surface area contributed by atoms with Crippen LogP contribution in [0, 0.1) is 0 Å². The largest absolute Gasteiger partial charge is 0.297 e. The van der Waals surface area contributed by atoms with E-state index < -0.39 is 0 Å². The molecule has 1 N–H and O–H groups in total. The van der Waals surface area contributed by atoms with E-state index in [2.05, 4.69) is 137 Å². The highest BCUT2D eigenvalue weighted by atomic mass is 15.5. The predicted molar refractivity (Wildman–Crippen MR) is 133 cm³/mol. The van der Waals surface area contributed by atoms with Crippen molar-refractivity contribution in [1.29, 1.82) is 0 Å². The van der Waals surface area contributed by atoms with Crippen LogP contribution in [-0.4, -0.2) is 0 Å². The lowest BCUT2D eigenvalue weighted by atomic mass is 9.74. The van der Waals surface area contributed by atoms with Crippen molar-refractivity contribution in [2.24, 2.45) is 0 Å². The van der Waals surface area contributed by atoms with Gasteiger partial charge in [0.2, 0.25) is 0 Å². The SMILES string of the molecule is CC(C)(C)c1ccc(C2=CC(c3ccccc3)N(c3ccccc3)N2)cc1C(C)(C)C. The van der Waals surface area contributed by atoms with Crippen molar-refractivity contribution in [3.8, 4) is 0 Å². The number of anilines is 1. The average Bonchev–Trinajstić information content (AvgIpc) is 3.19. The summed E-state index contributed by atoms with van der Waals surface area (Å²) < 4.78 is 0. The Kier molecular flexibility index (Phi) is 5.43. The third-order valence-corrected chi connectivity index (χ3v) is 5.97. The number of hydrogen-bond donors (Lipinski definition) is 1. The molecule has 0 spiro atoms. The molecular formula is C29H34N2. The quantitative estimate of drug-likeness (QED) is 0.484. The standard InChI is InChI=1S/C29H34N2/c1-28(2,3)24-18-17-22(19-25(24)29(4,5)6)26-20-27(21-13-9-7-10-14-21)31(30-26)23-15-11-8-12-16-23/h7-20,27,30H,1-6H3. The van der Waals surface area contributed by atoms with Crippen LogP contribution in [0.3, 0.4) is 0 Å². The molecule has 2 nitrogen and oxygen atoms in total. The number of rotatable bonds is 3. The molecule has 160 valence electrons. The average molecular weight is 411 g/mol. The summed E-state index contributed by atoms with van der Waals surface area (Å²) in [5, 5.41) is 2.26. The van der Waals surface area contributed by atoms with Crippen LogP contribution >= 0.6 is 0 Å². The van der Waals surface area contributed by atoms with Gasteiger partial charge in [0.25, 0.3) is 0 Å². The van der Waals surface area contributed by atoms with Crippen LogP contribution in [0.2, 0.25) is 0 Å². The van der Waals surface area contributed by atoms with Crippen molar-refractivity contribution >= 4 is 11.4 Å². The first-order valence-corrected chi connectivity index (χ1v) is 11.2. The Hall–Kier alpha value is -3.00. The number of nitrogens with one attached hydrogen (secondary N) is 1. The van der Waals surface area contributed by atoms with Crippen molar-refractivity contribution in [1.82, 2.24) is 5.43 Å². The van der Waals surface area contributed by atoms with E-state index in [0.29, 0.717) is 0 Å². The highest BCUT2D eigenvalue weighted by Crippen LogP contribution is 2.38. The summed E-state index contributed by atoms with van der Waals surface area (Å²) in [4.78, 5) is 0. The highest BCUT2D eigenvalue weighted by Gasteiger charge is 2.29. The van der Waals surface area contributed by atoms with Gasteiger partial charge < -0.3 is 0 Å². The van der Waals surface area contributed by atoms with Crippen LogP contribution in [0.4, 0.5) is 5.69 Å². The van der Waals surface area contributed by atoms with Crippen molar-refractivity contribution in [2.45, 2.75) is 58.4 Å². The lowest BCUT2D eigenvalue weighted by Crippen LogP contribution is -2.34. The Morgan fingerprint density at radius 2 is 1.26 bits per heavy atom. The topological polar surface area (TPSA) is 15.3 Å². The first-order chi connectivity index (χ1) is 14.6. The molecule has 0 saturated heterocycles. The van der Waals surface area contributed by atoms with Gasteiger partial charge in [-0.05, 0) is 57.4 Å². The number of para-hydroxylation sites is 1. The van der Waals surface area contributed by atoms with Gasteiger partial charge in [0, 0.05) is 0 Å². The number of hydrogen-bond acceptors (Lipinski definition) is 2. The van der Waals surface area contributed by atoms with Crippen LogP contribution in [0.15, 0.2) is 84.9 Å². The maximum absolute atomic E-state index is 3.70. The maximum Gasteiger partial charge on any atom is 0.0958 e. The number of benzene rings is 3. The minimum Gasteiger partial charge on any atom is -0.297 e. The number of nitrogens with zero attached hydrogens (tertiary/aromatic N) is 1. The first kappa shape index (κ1) is 21.2. The summed E-state index contributed by atoms with van der Waals surface area (Å²) >= 11 is 0. The van der Waals surface area contributed by atoms with E-state index >= 15 is 0 Å². The van der Waals surface area contributed by atoms with Crippen molar-refractivity contribution in [3.05, 3.63) is 107 Å². The van der Waals surface area contributed by atoms with Gasteiger partial charge in [0.05, 0.1) is 17.4 Å². The molecule has 3 aromatic rings. The normalized spacial score (nSPS) is 16.8. The second-order valence-corrected chi connectivity index (χ2v) is 10.5. The Balaban J connectivity index is 1.79. The first-order valence-electron chi connectivity index (χ1n) is 11.2. The molecule has 1 atom stereocenters. The third-order valence-electron chi connectivity index (χ3n) is 5.97. The molecule has 2 heteroatoms. The van der Waals surface area contributed by atoms with Crippen molar-refractivity contribution < 1.29 is 0 Å². The van der Waals surface area contributed by atoms with Gasteiger partial charge in [0.1, 0.15) is 0 Å². The van der Waals surface area contributed by atoms with E-state index in [1.807, 2.05) is 0 Å². The lowest BCUT2D eigenvalue weighted by Gasteiger charge is -2.31. The molecule has 0 aromatic heterocycles. The minimum absolute atomic E-state index is 0.0791. The Morgan fingerprint density at radius 1 is 0.677 bits per heavy atom. The van der Waals surface area contributed by atoms with Crippen LogP contribution < -0.4 is 10.4 Å². The monoisotopic (exact) mass is 410 g/mol. The molecule has 1 aliphatic rings. The smallest absolute Gasteiger partial charge is 0.0958 e. The summed E-state index contributed by atoms with van der Waals surface area (Å²) in [6.07, 6.45) is 2.35. The maximum atomic E-state index is 3.70. The van der Waals surface area contributed by atoms with Crippen LogP contribution in [0.1, 0.15) is 69.8 Å². The Labute approximate surface area is 187 Å². The van der Waals surface area contributed by atoms with Crippen LogP contribution in [-0.2, 0) is 10.8 Å². The molecule has 0 amide bonds. The molecule has 1 aliphatic heterocycles. The summed E-state index contributed by atoms with van der Waals surface area (Å²) in [5.41, 5.74) is 11.5. The second-order valence-electron chi connectivity index (χ2n) is 10.5. The molecule has 0 aliphatic carbocycles. The van der Waals surface area contributed by atoms with Gasteiger partial charge in [-0.25, -0.2) is 0 Å². The zero-order valence-corrected chi connectivity index (χ0v) is 19.6. The highest BCUT2D eigenvalue weighted by molar-refractivity contribution is 5.73. The summed E-state index contributed by atoms with van der Waals surface area (Å²) in [6, 6.07) is 28.4. The molecule has 0 radical (unpaired) electrons. The van der Waals surface area contributed by atoms with E-state index in [4.69, 9.17) is 0 Å². The zero-order chi connectivity index (χ0) is 22.2. The Morgan fingerprint density at radius 3 is 1.84 bits per heavy atom. The predicted octanol–water partition coefficient (Wildman–Crippen LogP) is 7.39. The molecule has 0 saturated carbocycles. The summed E-state index contributed by atoms with van der Waals surface area (Å²) in [6.45, 7) is 13.8. The molecular weight excluding hydrogens is 376 g/mol. The van der Waals surface area contributed by atoms with Crippen molar-refractivity contribution in [3.63, 3.8) is 0 Å². The molecule has 0 bridgehead atoms. The van der Waals surface area contributed by atoms with E-state index in [1.165, 1.54) is 22.3 Å². The minimum atomic E-state index is 0.0791. The second kappa shape index (κ2) is 7.92. The fourth-order valence-electron chi connectivity index (χ4n) is 4.33. The van der Waals surface area contributed by atoms with Gasteiger partial charge in [-0.1, -0.05) is 102 Å². The van der Waals surface area contributed by atoms with Gasteiger partial charge in [0.15, 0.2) is 0 Å². The zero-order valence-electron chi connectivity index (χ0n) is 19.6. The molecule has 1 unspecified atom stereocenters.